The summed E-state index contributed by atoms with van der Waals surface area (Å²) in [6.45, 7) is 6.46. The summed E-state index contributed by atoms with van der Waals surface area (Å²) in [5.74, 6) is -0.931. The van der Waals surface area contributed by atoms with Crippen molar-refractivity contribution in [1.29, 1.82) is 0 Å². The Balaban J connectivity index is 4.34. The van der Waals surface area contributed by atoms with E-state index in [0.29, 0.717) is 19.3 Å². The van der Waals surface area contributed by atoms with Crippen LogP contribution in [0.1, 0.15) is 290 Å². The predicted molar refractivity (Wildman–Crippen MR) is 352 cm³/mol. The lowest BCUT2D eigenvalue weighted by atomic mass is 10.1. The number of hydrogen-bond acceptors (Lipinski definition) is 6. The third-order valence-electron chi connectivity index (χ3n) is 13.8. The molecule has 0 saturated heterocycles. The summed E-state index contributed by atoms with van der Waals surface area (Å²) in [5, 5.41) is 0. The Morgan fingerprint density at radius 2 is 0.481 bits per heavy atom. The maximum Gasteiger partial charge on any atom is 0.306 e. The van der Waals surface area contributed by atoms with Gasteiger partial charge in [0.1, 0.15) is 13.2 Å². The van der Waals surface area contributed by atoms with E-state index in [4.69, 9.17) is 14.2 Å². The van der Waals surface area contributed by atoms with Gasteiger partial charge in [0.25, 0.3) is 0 Å². The Kier molecular flexibility index (Phi) is 63.9. The second-order valence-electron chi connectivity index (χ2n) is 21.6. The van der Waals surface area contributed by atoms with Crippen LogP contribution in [0.25, 0.3) is 0 Å². The molecule has 0 heterocycles. The summed E-state index contributed by atoms with van der Waals surface area (Å²) < 4.78 is 16.9. The van der Waals surface area contributed by atoms with E-state index in [-0.39, 0.29) is 31.1 Å². The second-order valence-corrected chi connectivity index (χ2v) is 21.6. The summed E-state index contributed by atoms with van der Waals surface area (Å²) >= 11 is 0. The standard InChI is InChI=1S/C75H122O6/c1-4-7-10-13-16-19-22-25-27-29-31-32-33-34-35-36-37-38-39-40-41-42-43-44-45-47-48-50-53-56-59-62-65-68-74(77)80-71-72(70-79-73(76)67-64-61-58-55-52-24-21-18-15-12-9-6-3)81-75(78)69-66-63-60-57-54-51-49-46-30-28-26-23-20-17-14-11-8-5-2/h7,10,16,18-21,23,25,27-28,30-32,34-35,37-38,40-41,43-44,47-48,72H,4-6,8-9,11-15,17,22,24,26,29,33,36,39,42,45-46,49-71H2,1-3H3/b10-7-,19-16-,21-18-,23-20-,27-25-,30-28-,32-31-,35-34-,38-37-,41-40-,44-43-,48-47-. The Morgan fingerprint density at radius 3 is 0.790 bits per heavy atom. The molecule has 81 heavy (non-hydrogen) atoms. The summed E-state index contributed by atoms with van der Waals surface area (Å²) in [5.41, 5.74) is 0. The van der Waals surface area contributed by atoms with Crippen molar-refractivity contribution in [3.63, 3.8) is 0 Å². The molecule has 458 valence electrons. The first kappa shape index (κ1) is 76.3. The summed E-state index contributed by atoms with van der Waals surface area (Å²) in [6, 6.07) is 0. The van der Waals surface area contributed by atoms with Gasteiger partial charge in [-0.3, -0.25) is 14.4 Å². The van der Waals surface area contributed by atoms with E-state index in [9.17, 15) is 14.4 Å². The molecule has 0 N–H and O–H groups in total. The van der Waals surface area contributed by atoms with Gasteiger partial charge in [0, 0.05) is 19.3 Å². The van der Waals surface area contributed by atoms with Gasteiger partial charge < -0.3 is 14.2 Å². The molecule has 0 amide bonds. The minimum Gasteiger partial charge on any atom is -0.462 e. The van der Waals surface area contributed by atoms with Crippen molar-refractivity contribution in [1.82, 2.24) is 0 Å². The molecule has 0 aromatic heterocycles. The third kappa shape index (κ3) is 66.0. The van der Waals surface area contributed by atoms with Gasteiger partial charge >= 0.3 is 17.9 Å². The Labute approximate surface area is 499 Å². The molecule has 6 heteroatoms. The lowest BCUT2D eigenvalue weighted by Gasteiger charge is -2.18. The molecular formula is C75H122O6. The van der Waals surface area contributed by atoms with Crippen LogP contribution < -0.4 is 0 Å². The molecule has 0 aliphatic rings. The molecule has 0 saturated carbocycles. The quantitative estimate of drug-likeness (QED) is 0.0261. The molecule has 0 aromatic rings. The fourth-order valence-electron chi connectivity index (χ4n) is 8.81. The van der Waals surface area contributed by atoms with Gasteiger partial charge in [-0.1, -0.05) is 269 Å². The van der Waals surface area contributed by atoms with Crippen LogP contribution in [0.5, 0.6) is 0 Å². The molecule has 0 spiro atoms. The number of allylic oxidation sites excluding steroid dienone is 24. The van der Waals surface area contributed by atoms with Crippen molar-refractivity contribution in [3.05, 3.63) is 146 Å². The van der Waals surface area contributed by atoms with E-state index in [1.165, 1.54) is 89.9 Å². The molecule has 1 atom stereocenters. The van der Waals surface area contributed by atoms with Crippen LogP contribution in [0.4, 0.5) is 0 Å². The van der Waals surface area contributed by atoms with Crippen LogP contribution >= 0.6 is 0 Å². The van der Waals surface area contributed by atoms with E-state index in [0.717, 1.165) is 161 Å². The normalized spacial score (nSPS) is 13.1. The Morgan fingerprint density at radius 1 is 0.259 bits per heavy atom. The van der Waals surface area contributed by atoms with Gasteiger partial charge in [-0.2, -0.15) is 0 Å². The fourth-order valence-corrected chi connectivity index (χ4v) is 8.81. The lowest BCUT2D eigenvalue weighted by Crippen LogP contribution is -2.30. The number of rotatable bonds is 59. The van der Waals surface area contributed by atoms with Crippen LogP contribution in [0.3, 0.4) is 0 Å². The van der Waals surface area contributed by atoms with Gasteiger partial charge in [-0.05, 0) is 148 Å². The Bertz CT molecular complexity index is 1760. The van der Waals surface area contributed by atoms with Crippen LogP contribution in [-0.4, -0.2) is 37.2 Å². The number of hydrogen-bond donors (Lipinski definition) is 0. The maximum atomic E-state index is 12.9. The average Bonchev–Trinajstić information content (AvgIpc) is 3.47. The molecule has 6 nitrogen and oxygen atoms in total. The molecule has 0 radical (unpaired) electrons. The summed E-state index contributed by atoms with van der Waals surface area (Å²) in [4.78, 5) is 38.3. The van der Waals surface area contributed by atoms with Crippen LogP contribution in [0, 0.1) is 0 Å². The third-order valence-corrected chi connectivity index (χ3v) is 13.8. The van der Waals surface area contributed by atoms with E-state index in [1.54, 1.807) is 0 Å². The van der Waals surface area contributed by atoms with Crippen LogP contribution in [0.15, 0.2) is 146 Å². The lowest BCUT2D eigenvalue weighted by molar-refractivity contribution is -0.167. The highest BCUT2D eigenvalue weighted by atomic mass is 16.6. The zero-order valence-electron chi connectivity index (χ0n) is 52.5. The first-order valence-corrected chi connectivity index (χ1v) is 33.3. The van der Waals surface area contributed by atoms with Crippen molar-refractivity contribution in [3.8, 4) is 0 Å². The fraction of sp³-hybridized carbons (Fsp3) is 0.640. The summed E-state index contributed by atoms with van der Waals surface area (Å²) in [7, 11) is 0. The first-order chi connectivity index (χ1) is 40.0. The molecule has 0 aliphatic heterocycles. The van der Waals surface area contributed by atoms with E-state index >= 15 is 0 Å². The van der Waals surface area contributed by atoms with Gasteiger partial charge in [-0.15, -0.1) is 0 Å². The number of carbonyl (C=O) groups excluding carboxylic acids is 3. The first-order valence-electron chi connectivity index (χ1n) is 33.3. The van der Waals surface area contributed by atoms with Crippen molar-refractivity contribution < 1.29 is 28.6 Å². The number of carbonyl (C=O) groups is 3. The molecular weight excluding hydrogens is 997 g/mol. The van der Waals surface area contributed by atoms with Gasteiger partial charge in [0.05, 0.1) is 0 Å². The average molecular weight is 1120 g/mol. The van der Waals surface area contributed by atoms with Crippen molar-refractivity contribution in [2.24, 2.45) is 0 Å². The summed E-state index contributed by atoms with van der Waals surface area (Å²) in [6.07, 6.45) is 97.1. The molecule has 0 bridgehead atoms. The SMILES string of the molecule is CC/C=C\C/C=C\C/C=C\C/C=C\C/C=C\C/C=C\C/C=C\C/C=C\C/C=C\CCCCCCCC(=O)OCC(COC(=O)CCCCCCC/C=C\CCCCC)OC(=O)CCCCCCCCC/C=C\C/C=C\CCCCCC. The highest BCUT2D eigenvalue weighted by Crippen LogP contribution is 2.14. The van der Waals surface area contributed by atoms with Crippen molar-refractivity contribution >= 4 is 17.9 Å². The molecule has 0 aromatic carbocycles. The second kappa shape index (κ2) is 67.8. The molecule has 0 aliphatic carbocycles. The van der Waals surface area contributed by atoms with Gasteiger partial charge in [0.2, 0.25) is 0 Å². The van der Waals surface area contributed by atoms with E-state index < -0.39 is 6.10 Å². The zero-order valence-corrected chi connectivity index (χ0v) is 52.5. The highest BCUT2D eigenvalue weighted by molar-refractivity contribution is 5.71. The molecule has 0 rings (SSSR count). The van der Waals surface area contributed by atoms with Crippen LogP contribution in [0.2, 0.25) is 0 Å². The van der Waals surface area contributed by atoms with Gasteiger partial charge in [-0.25, -0.2) is 0 Å². The maximum absolute atomic E-state index is 12.9. The zero-order chi connectivity index (χ0) is 58.5. The monoisotopic (exact) mass is 1120 g/mol. The Hall–Kier alpha value is -4.71. The number of esters is 3. The van der Waals surface area contributed by atoms with Crippen LogP contribution in [-0.2, 0) is 28.6 Å². The topological polar surface area (TPSA) is 78.9 Å². The van der Waals surface area contributed by atoms with Crippen molar-refractivity contribution in [2.75, 3.05) is 13.2 Å². The highest BCUT2D eigenvalue weighted by Gasteiger charge is 2.19. The number of unbranched alkanes of at least 4 members (excludes halogenated alkanes) is 24. The largest absolute Gasteiger partial charge is 0.462 e. The van der Waals surface area contributed by atoms with Crippen molar-refractivity contribution in [2.45, 2.75) is 297 Å². The van der Waals surface area contributed by atoms with E-state index in [1.807, 2.05) is 0 Å². The minimum atomic E-state index is -0.800. The van der Waals surface area contributed by atoms with E-state index in [2.05, 4.69) is 167 Å². The smallest absolute Gasteiger partial charge is 0.306 e. The minimum absolute atomic E-state index is 0.0954. The number of ether oxygens (including phenoxy) is 3. The molecule has 0 fully saturated rings. The molecule has 1 unspecified atom stereocenters. The predicted octanol–water partition coefficient (Wildman–Crippen LogP) is 23.1. The van der Waals surface area contributed by atoms with Gasteiger partial charge in [0.15, 0.2) is 6.10 Å².